The number of aryl methyl sites for hydroxylation is 1. The maximum Gasteiger partial charge on any atom is 0.416 e. The smallest absolute Gasteiger partial charge is 0.214 e. The molecule has 1 rings (SSSR count). The lowest BCUT2D eigenvalue weighted by Gasteiger charge is -2.13. The summed E-state index contributed by atoms with van der Waals surface area (Å²) < 4.78 is 88.9. The van der Waals surface area contributed by atoms with Crippen LogP contribution < -0.4 is 9.44 Å². The maximum atomic E-state index is 12.8. The zero-order chi connectivity index (χ0) is 17.9. The van der Waals surface area contributed by atoms with Crippen molar-refractivity contribution in [2.45, 2.75) is 24.9 Å². The van der Waals surface area contributed by atoms with E-state index in [1.54, 1.807) is 0 Å². The summed E-state index contributed by atoms with van der Waals surface area (Å²) in [6.45, 7) is 2.16. The first-order chi connectivity index (χ1) is 10.4. The van der Waals surface area contributed by atoms with Gasteiger partial charge in [0.1, 0.15) is 0 Å². The Hall–Kier alpha value is -1.17. The lowest BCUT2D eigenvalue weighted by atomic mass is 10.1. The second kappa shape index (κ2) is 7.16. The fourth-order valence-corrected chi connectivity index (χ4v) is 3.33. The van der Waals surface area contributed by atoms with Crippen molar-refractivity contribution in [1.29, 1.82) is 0 Å². The minimum Gasteiger partial charge on any atom is -0.214 e. The molecule has 0 atom stereocenters. The highest BCUT2D eigenvalue weighted by Crippen LogP contribution is 2.33. The van der Waals surface area contributed by atoms with Crippen LogP contribution >= 0.6 is 0 Å². The van der Waals surface area contributed by atoms with E-state index in [4.69, 9.17) is 0 Å². The molecule has 0 aliphatic carbocycles. The van der Waals surface area contributed by atoms with Gasteiger partial charge >= 0.3 is 6.18 Å². The molecule has 1 aromatic carbocycles. The fourth-order valence-electron chi connectivity index (χ4n) is 1.65. The normalized spacial score (nSPS) is 13.3. The van der Waals surface area contributed by atoms with E-state index in [1.807, 2.05) is 4.72 Å². The Balaban J connectivity index is 2.85. The minimum absolute atomic E-state index is 0.0906. The lowest BCUT2D eigenvalue weighted by Crippen LogP contribution is -2.35. The summed E-state index contributed by atoms with van der Waals surface area (Å²) in [6, 6.07) is 2.67. The van der Waals surface area contributed by atoms with Gasteiger partial charge in [-0.15, -0.1) is 0 Å². The summed E-state index contributed by atoms with van der Waals surface area (Å²) in [5.74, 6) is -0.160. The molecule has 23 heavy (non-hydrogen) atoms. The number of alkyl halides is 3. The molecule has 0 heterocycles. The van der Waals surface area contributed by atoms with E-state index < -0.39 is 36.7 Å². The predicted octanol–water partition coefficient (Wildman–Crippen LogP) is 1.23. The average molecular weight is 374 g/mol. The highest BCUT2D eigenvalue weighted by molar-refractivity contribution is 7.89. The average Bonchev–Trinajstić information content (AvgIpc) is 2.42. The number of hydrogen-bond donors (Lipinski definition) is 2. The number of sulfonamides is 2. The first kappa shape index (κ1) is 19.9. The highest BCUT2D eigenvalue weighted by Gasteiger charge is 2.33. The molecule has 0 aromatic heterocycles. The van der Waals surface area contributed by atoms with Crippen molar-refractivity contribution < 1.29 is 30.0 Å². The standard InChI is InChI=1S/C12H17F3N2O4S2/c1-3-22(18,19)16-6-7-17-23(20,21)10-5-4-9(2)11(8-10)12(13,14)15/h4-5,8,16-17H,3,6-7H2,1-2H3. The van der Waals surface area contributed by atoms with Crippen molar-refractivity contribution in [1.82, 2.24) is 9.44 Å². The summed E-state index contributed by atoms with van der Waals surface area (Å²) >= 11 is 0. The van der Waals surface area contributed by atoms with E-state index in [2.05, 4.69) is 4.72 Å². The Labute approximate surface area is 133 Å². The topological polar surface area (TPSA) is 92.3 Å². The van der Waals surface area contributed by atoms with Crippen molar-refractivity contribution >= 4 is 20.0 Å². The summed E-state index contributed by atoms with van der Waals surface area (Å²) in [5, 5.41) is 0. The predicted molar refractivity (Wildman–Crippen MR) is 78.8 cm³/mol. The summed E-state index contributed by atoms with van der Waals surface area (Å²) in [6.07, 6.45) is -4.66. The van der Waals surface area contributed by atoms with Gasteiger partial charge < -0.3 is 0 Å². The van der Waals surface area contributed by atoms with Gasteiger partial charge in [-0.05, 0) is 31.5 Å². The van der Waals surface area contributed by atoms with Crippen LogP contribution in [0.3, 0.4) is 0 Å². The lowest BCUT2D eigenvalue weighted by molar-refractivity contribution is -0.138. The monoisotopic (exact) mass is 374 g/mol. The van der Waals surface area contributed by atoms with Gasteiger partial charge in [0, 0.05) is 13.1 Å². The van der Waals surface area contributed by atoms with Gasteiger partial charge in [-0.2, -0.15) is 13.2 Å². The molecule has 0 saturated carbocycles. The van der Waals surface area contributed by atoms with Crippen molar-refractivity contribution in [3.8, 4) is 0 Å². The van der Waals surface area contributed by atoms with Gasteiger partial charge in [-0.25, -0.2) is 26.3 Å². The number of halogens is 3. The molecule has 0 saturated heterocycles. The van der Waals surface area contributed by atoms with Crippen LogP contribution in [0, 0.1) is 6.92 Å². The summed E-state index contributed by atoms with van der Waals surface area (Å²) in [4.78, 5) is -0.534. The van der Waals surface area contributed by atoms with Gasteiger partial charge in [0.2, 0.25) is 20.0 Å². The molecule has 11 heteroatoms. The SMILES string of the molecule is CCS(=O)(=O)NCCNS(=O)(=O)c1ccc(C)c(C(F)(F)F)c1. The van der Waals surface area contributed by atoms with Crippen LogP contribution in [0.25, 0.3) is 0 Å². The second-order valence-electron chi connectivity index (χ2n) is 4.67. The molecule has 0 radical (unpaired) electrons. The third-order valence-electron chi connectivity index (χ3n) is 2.94. The minimum atomic E-state index is -4.66. The zero-order valence-corrected chi connectivity index (χ0v) is 14.1. The molecular formula is C12H17F3N2O4S2. The quantitative estimate of drug-likeness (QED) is 0.702. The molecule has 0 unspecified atom stereocenters. The van der Waals surface area contributed by atoms with Crippen LogP contribution in [0.4, 0.5) is 13.2 Å². The van der Waals surface area contributed by atoms with E-state index in [1.165, 1.54) is 13.8 Å². The van der Waals surface area contributed by atoms with Gasteiger partial charge in [-0.1, -0.05) is 6.07 Å². The molecular weight excluding hydrogens is 357 g/mol. The van der Waals surface area contributed by atoms with Crippen LogP contribution in [0.5, 0.6) is 0 Å². The van der Waals surface area contributed by atoms with Crippen LogP contribution in [0.15, 0.2) is 23.1 Å². The van der Waals surface area contributed by atoms with Crippen molar-refractivity contribution in [3.63, 3.8) is 0 Å². The third kappa shape index (κ3) is 5.75. The Morgan fingerprint density at radius 1 is 1.04 bits per heavy atom. The Kier molecular flexibility index (Phi) is 6.18. The number of nitrogens with one attached hydrogen (secondary N) is 2. The second-order valence-corrected chi connectivity index (χ2v) is 8.53. The van der Waals surface area contributed by atoms with E-state index in [0.29, 0.717) is 6.07 Å². The largest absolute Gasteiger partial charge is 0.416 e. The third-order valence-corrected chi connectivity index (χ3v) is 5.81. The van der Waals surface area contributed by atoms with Gasteiger partial charge in [-0.3, -0.25) is 0 Å². The van der Waals surface area contributed by atoms with Gasteiger partial charge in [0.25, 0.3) is 0 Å². The van der Waals surface area contributed by atoms with Gasteiger partial charge in [0.05, 0.1) is 16.2 Å². The van der Waals surface area contributed by atoms with Gasteiger partial charge in [0.15, 0.2) is 0 Å². The number of hydrogen-bond acceptors (Lipinski definition) is 4. The molecule has 2 N–H and O–H groups in total. The van der Waals surface area contributed by atoms with Crippen LogP contribution in [-0.2, 0) is 26.2 Å². The number of benzene rings is 1. The first-order valence-electron chi connectivity index (χ1n) is 6.54. The molecule has 0 fully saturated rings. The Bertz CT molecular complexity index is 759. The molecule has 0 bridgehead atoms. The molecule has 6 nitrogen and oxygen atoms in total. The van der Waals surface area contributed by atoms with E-state index in [9.17, 15) is 30.0 Å². The molecule has 0 spiro atoms. The van der Waals surface area contributed by atoms with Crippen LogP contribution in [0.2, 0.25) is 0 Å². The summed E-state index contributed by atoms with van der Waals surface area (Å²) in [7, 11) is -7.64. The summed E-state index contributed by atoms with van der Waals surface area (Å²) in [5.41, 5.74) is -1.13. The molecule has 132 valence electrons. The first-order valence-corrected chi connectivity index (χ1v) is 9.67. The Morgan fingerprint density at radius 3 is 2.13 bits per heavy atom. The van der Waals surface area contributed by atoms with Crippen molar-refractivity contribution in [2.24, 2.45) is 0 Å². The van der Waals surface area contributed by atoms with Crippen molar-refractivity contribution in [2.75, 3.05) is 18.8 Å². The van der Waals surface area contributed by atoms with E-state index in [-0.39, 0.29) is 24.4 Å². The van der Waals surface area contributed by atoms with E-state index in [0.717, 1.165) is 12.1 Å². The zero-order valence-electron chi connectivity index (χ0n) is 12.4. The Morgan fingerprint density at radius 2 is 1.61 bits per heavy atom. The fraction of sp³-hybridized carbons (Fsp3) is 0.500. The van der Waals surface area contributed by atoms with E-state index >= 15 is 0 Å². The van der Waals surface area contributed by atoms with Crippen LogP contribution in [-0.4, -0.2) is 35.7 Å². The molecule has 0 amide bonds. The van der Waals surface area contributed by atoms with Crippen molar-refractivity contribution in [3.05, 3.63) is 29.3 Å². The van der Waals surface area contributed by atoms with Crippen LogP contribution in [0.1, 0.15) is 18.1 Å². The number of rotatable bonds is 7. The highest BCUT2D eigenvalue weighted by atomic mass is 32.2. The molecule has 0 aliphatic rings. The maximum absolute atomic E-state index is 12.8. The molecule has 1 aromatic rings. The molecule has 0 aliphatic heterocycles.